The Hall–Kier alpha value is -3.20. The minimum absolute atomic E-state index is 0.0482. The highest BCUT2D eigenvalue weighted by Crippen LogP contribution is 2.61. The highest BCUT2D eigenvalue weighted by Gasteiger charge is 2.61. The van der Waals surface area contributed by atoms with Crippen molar-refractivity contribution in [3.05, 3.63) is 100 Å². The van der Waals surface area contributed by atoms with Gasteiger partial charge in [0.05, 0.1) is 17.5 Å². The standard InChI is InChI=1S/C29H27NO2/c1-4-17(3)18-11-14-22-23(15-18)25-21-8-6-5-7-20(21)24(22)26-27(25)29(32)30(28(26)31)19-12-9-16(2)10-13-19/h5-15,17,24-27H,4H2,1-3H3/t17-,24-,25-,26-,27+/m0/s1. The number of anilines is 1. The van der Waals surface area contributed by atoms with Crippen molar-refractivity contribution < 1.29 is 9.59 Å². The van der Waals surface area contributed by atoms with E-state index in [2.05, 4.69) is 56.3 Å². The monoisotopic (exact) mass is 421 g/mol. The Morgan fingerprint density at radius 3 is 1.94 bits per heavy atom. The zero-order valence-electron chi connectivity index (χ0n) is 18.7. The van der Waals surface area contributed by atoms with E-state index in [1.807, 2.05) is 31.2 Å². The van der Waals surface area contributed by atoms with E-state index in [0.29, 0.717) is 11.6 Å². The molecule has 0 aromatic heterocycles. The van der Waals surface area contributed by atoms with Crippen LogP contribution in [0.4, 0.5) is 5.69 Å². The molecule has 32 heavy (non-hydrogen) atoms. The van der Waals surface area contributed by atoms with E-state index < -0.39 is 0 Å². The first kappa shape index (κ1) is 19.5. The van der Waals surface area contributed by atoms with Gasteiger partial charge in [-0.15, -0.1) is 0 Å². The van der Waals surface area contributed by atoms with Crippen molar-refractivity contribution in [1.82, 2.24) is 0 Å². The molecule has 3 heteroatoms. The molecule has 1 heterocycles. The molecule has 0 N–H and O–H groups in total. The van der Waals surface area contributed by atoms with Gasteiger partial charge in [-0.2, -0.15) is 0 Å². The summed E-state index contributed by atoms with van der Waals surface area (Å²) in [5.74, 6) is -0.412. The van der Waals surface area contributed by atoms with E-state index in [4.69, 9.17) is 0 Å². The number of aryl methyl sites for hydroxylation is 1. The Balaban J connectivity index is 1.54. The summed E-state index contributed by atoms with van der Waals surface area (Å²) in [6.45, 7) is 6.47. The second-order valence-electron chi connectivity index (χ2n) is 9.68. The fourth-order valence-corrected chi connectivity index (χ4v) is 6.24. The van der Waals surface area contributed by atoms with E-state index >= 15 is 0 Å². The highest BCUT2D eigenvalue weighted by molar-refractivity contribution is 6.23. The number of amides is 2. The molecule has 1 saturated heterocycles. The first-order valence-corrected chi connectivity index (χ1v) is 11.7. The van der Waals surface area contributed by atoms with Crippen molar-refractivity contribution in [2.75, 3.05) is 4.90 Å². The second kappa shape index (κ2) is 6.90. The Bertz CT molecular complexity index is 1260. The summed E-state index contributed by atoms with van der Waals surface area (Å²) in [6, 6.07) is 22.9. The van der Waals surface area contributed by atoms with Gasteiger partial charge in [-0.05, 0) is 59.2 Å². The number of imide groups is 1. The van der Waals surface area contributed by atoms with Crippen LogP contribution in [-0.2, 0) is 9.59 Å². The van der Waals surface area contributed by atoms with Crippen molar-refractivity contribution >= 4 is 17.5 Å². The number of nitrogens with zero attached hydrogens (tertiary/aromatic N) is 1. The molecular weight excluding hydrogens is 394 g/mol. The fraction of sp³-hybridized carbons (Fsp3) is 0.310. The summed E-state index contributed by atoms with van der Waals surface area (Å²) in [7, 11) is 0. The zero-order valence-corrected chi connectivity index (χ0v) is 18.7. The lowest BCUT2D eigenvalue weighted by molar-refractivity contribution is -0.122. The molecule has 0 saturated carbocycles. The van der Waals surface area contributed by atoms with Crippen molar-refractivity contribution in [1.29, 1.82) is 0 Å². The van der Waals surface area contributed by atoms with Crippen LogP contribution in [-0.4, -0.2) is 11.8 Å². The number of rotatable bonds is 3. The van der Waals surface area contributed by atoms with Gasteiger partial charge in [-0.1, -0.05) is 74.0 Å². The number of carbonyl (C=O) groups excluding carboxylic acids is 2. The molecule has 7 rings (SSSR count). The average Bonchev–Trinajstić information content (AvgIpc) is 3.09. The van der Waals surface area contributed by atoms with Crippen LogP contribution in [0.2, 0.25) is 0 Å². The zero-order chi connectivity index (χ0) is 22.1. The molecular formula is C29H27NO2. The van der Waals surface area contributed by atoms with Gasteiger partial charge in [0, 0.05) is 11.8 Å². The molecule has 2 bridgehead atoms. The summed E-state index contributed by atoms with van der Waals surface area (Å²) >= 11 is 0. The van der Waals surface area contributed by atoms with Crippen LogP contribution in [0.1, 0.15) is 71.4 Å². The highest BCUT2D eigenvalue weighted by atomic mass is 16.2. The SMILES string of the molecule is CC[C@H](C)c1ccc2c(c1)[C@@H]1c3ccccc3[C@@H]2[C@@H]2C(=O)N(c3ccc(C)cc3)C(=O)[C@H]12. The number of hydrogen-bond donors (Lipinski definition) is 0. The van der Waals surface area contributed by atoms with Gasteiger partial charge in [-0.3, -0.25) is 9.59 Å². The van der Waals surface area contributed by atoms with E-state index in [9.17, 15) is 9.59 Å². The van der Waals surface area contributed by atoms with Crippen LogP contribution in [0.3, 0.4) is 0 Å². The van der Waals surface area contributed by atoms with E-state index in [1.54, 1.807) is 0 Å². The van der Waals surface area contributed by atoms with Gasteiger partial charge in [0.1, 0.15) is 0 Å². The smallest absolute Gasteiger partial charge is 0.238 e. The third-order valence-corrected chi connectivity index (χ3v) is 8.04. The minimum Gasteiger partial charge on any atom is -0.274 e. The second-order valence-corrected chi connectivity index (χ2v) is 9.68. The van der Waals surface area contributed by atoms with Crippen molar-refractivity contribution in [3.8, 4) is 0 Å². The van der Waals surface area contributed by atoms with E-state index in [1.165, 1.54) is 32.7 Å². The van der Waals surface area contributed by atoms with Crippen LogP contribution >= 0.6 is 0 Å². The molecule has 0 radical (unpaired) electrons. The minimum atomic E-state index is -0.330. The summed E-state index contributed by atoms with van der Waals surface area (Å²) in [5, 5.41) is 0. The Kier molecular flexibility index (Phi) is 4.20. The average molecular weight is 422 g/mol. The third-order valence-electron chi connectivity index (χ3n) is 8.04. The first-order chi connectivity index (χ1) is 15.5. The first-order valence-electron chi connectivity index (χ1n) is 11.7. The molecule has 3 aliphatic carbocycles. The predicted molar refractivity (Wildman–Crippen MR) is 126 cm³/mol. The molecule has 1 aliphatic heterocycles. The number of hydrogen-bond acceptors (Lipinski definition) is 2. The van der Waals surface area contributed by atoms with Gasteiger partial charge in [0.25, 0.3) is 0 Å². The molecule has 1 fully saturated rings. The van der Waals surface area contributed by atoms with Crippen LogP contribution in [0.15, 0.2) is 66.7 Å². The Labute approximate surface area is 189 Å². The molecule has 0 unspecified atom stereocenters. The van der Waals surface area contributed by atoms with Crippen LogP contribution in [0.25, 0.3) is 0 Å². The molecule has 2 amide bonds. The van der Waals surface area contributed by atoms with Gasteiger partial charge in [0.2, 0.25) is 11.8 Å². The van der Waals surface area contributed by atoms with Gasteiger partial charge in [0.15, 0.2) is 0 Å². The van der Waals surface area contributed by atoms with E-state index in [-0.39, 0.29) is 35.5 Å². The summed E-state index contributed by atoms with van der Waals surface area (Å²) < 4.78 is 0. The lowest BCUT2D eigenvalue weighted by Crippen LogP contribution is -2.41. The maximum absolute atomic E-state index is 13.8. The van der Waals surface area contributed by atoms with Crippen LogP contribution in [0.5, 0.6) is 0 Å². The van der Waals surface area contributed by atoms with E-state index in [0.717, 1.165) is 12.0 Å². The molecule has 160 valence electrons. The molecule has 4 aliphatic rings. The molecule has 3 aromatic carbocycles. The van der Waals surface area contributed by atoms with Gasteiger partial charge < -0.3 is 0 Å². The Morgan fingerprint density at radius 2 is 1.34 bits per heavy atom. The number of carbonyl (C=O) groups is 2. The predicted octanol–water partition coefficient (Wildman–Crippen LogP) is 5.91. The Morgan fingerprint density at radius 1 is 0.781 bits per heavy atom. The van der Waals surface area contributed by atoms with Crippen LogP contribution in [0, 0.1) is 18.8 Å². The normalized spacial score (nSPS) is 26.0. The molecule has 3 nitrogen and oxygen atoms in total. The lowest BCUT2D eigenvalue weighted by atomic mass is 9.54. The summed E-state index contributed by atoms with van der Waals surface area (Å²) in [4.78, 5) is 29.1. The van der Waals surface area contributed by atoms with Crippen molar-refractivity contribution in [3.63, 3.8) is 0 Å². The van der Waals surface area contributed by atoms with Crippen molar-refractivity contribution in [2.24, 2.45) is 11.8 Å². The largest absolute Gasteiger partial charge is 0.274 e. The number of benzene rings is 3. The summed E-state index contributed by atoms with van der Waals surface area (Å²) in [6.07, 6.45) is 1.08. The third kappa shape index (κ3) is 2.48. The quantitative estimate of drug-likeness (QED) is 0.493. The lowest BCUT2D eigenvalue weighted by Gasteiger charge is -2.46. The maximum atomic E-state index is 13.8. The molecule has 0 spiro atoms. The maximum Gasteiger partial charge on any atom is 0.238 e. The van der Waals surface area contributed by atoms with Crippen LogP contribution < -0.4 is 4.90 Å². The van der Waals surface area contributed by atoms with Gasteiger partial charge >= 0.3 is 0 Å². The fourth-order valence-electron chi connectivity index (χ4n) is 6.24. The van der Waals surface area contributed by atoms with Crippen molar-refractivity contribution in [2.45, 2.75) is 44.9 Å². The molecule has 5 atom stereocenters. The van der Waals surface area contributed by atoms with Gasteiger partial charge in [-0.25, -0.2) is 4.90 Å². The summed E-state index contributed by atoms with van der Waals surface area (Å²) in [5.41, 5.74) is 8.04. The molecule has 3 aromatic rings. The topological polar surface area (TPSA) is 37.4 Å².